The summed E-state index contributed by atoms with van der Waals surface area (Å²) in [4.78, 5) is 20.9. The average Bonchev–Trinajstić information content (AvgIpc) is 3.01. The molecule has 0 bridgehead atoms. The van der Waals surface area contributed by atoms with Crippen LogP contribution in [0.25, 0.3) is 10.4 Å². The van der Waals surface area contributed by atoms with Crippen molar-refractivity contribution < 1.29 is 4.79 Å². The van der Waals surface area contributed by atoms with Crippen LogP contribution in [0.15, 0.2) is 18.3 Å². The lowest BCUT2D eigenvalue weighted by Gasteiger charge is -2.08. The Hall–Kier alpha value is -1.75. The van der Waals surface area contributed by atoms with Gasteiger partial charge in [0.1, 0.15) is 0 Å². The maximum Gasteiger partial charge on any atom is 0.277 e. The van der Waals surface area contributed by atoms with Gasteiger partial charge < -0.3 is 5.73 Å². The maximum atomic E-state index is 11.2. The van der Waals surface area contributed by atoms with Crippen LogP contribution < -0.4 is 5.73 Å². The summed E-state index contributed by atoms with van der Waals surface area (Å²) in [5, 5.41) is 0.364. The lowest BCUT2D eigenvalue weighted by atomic mass is 10.0. The van der Waals surface area contributed by atoms with Crippen LogP contribution in [0.2, 0.25) is 0 Å². The number of carbonyl (C=O) groups is 1. The topological polar surface area (TPSA) is 68.9 Å². The number of hydrogen-bond donors (Lipinski definition) is 1. The number of pyridine rings is 1. The molecule has 4 nitrogen and oxygen atoms in total. The van der Waals surface area contributed by atoms with Gasteiger partial charge in [0.2, 0.25) is 0 Å². The highest BCUT2D eigenvalue weighted by atomic mass is 32.1. The number of carbonyl (C=O) groups excluding carboxylic acids is 1. The maximum absolute atomic E-state index is 11.2. The van der Waals surface area contributed by atoms with E-state index in [0.29, 0.717) is 5.01 Å². The van der Waals surface area contributed by atoms with Gasteiger partial charge in [0.05, 0.1) is 10.6 Å². The molecular formula is C14H15N3OS. The van der Waals surface area contributed by atoms with Crippen LogP contribution in [0.5, 0.6) is 0 Å². The van der Waals surface area contributed by atoms with Crippen LogP contribution in [0.4, 0.5) is 0 Å². The number of rotatable bonds is 3. The molecule has 3 rings (SSSR count). The third kappa shape index (κ3) is 2.14. The SMILES string of the molecule is Cc1nc(C(N)=O)sc1-c1ccnc(C2(C)CC2)c1. The van der Waals surface area contributed by atoms with Crippen LogP contribution in [0, 0.1) is 6.92 Å². The first-order chi connectivity index (χ1) is 8.99. The molecule has 0 aliphatic heterocycles. The van der Waals surface area contributed by atoms with E-state index >= 15 is 0 Å². The van der Waals surface area contributed by atoms with Gasteiger partial charge in [-0.1, -0.05) is 6.92 Å². The predicted molar refractivity (Wildman–Crippen MR) is 75.2 cm³/mol. The van der Waals surface area contributed by atoms with Crippen molar-refractivity contribution in [3.63, 3.8) is 0 Å². The molecule has 0 saturated heterocycles. The number of thiazole rings is 1. The minimum Gasteiger partial charge on any atom is -0.364 e. The number of amides is 1. The first-order valence-corrected chi connectivity index (χ1v) is 7.05. The van der Waals surface area contributed by atoms with Crippen LogP contribution in [0.1, 0.15) is 41.0 Å². The second kappa shape index (κ2) is 4.13. The average molecular weight is 273 g/mol. The number of nitrogens with two attached hydrogens (primary N) is 1. The van der Waals surface area contributed by atoms with Crippen molar-refractivity contribution in [1.29, 1.82) is 0 Å². The molecule has 1 saturated carbocycles. The zero-order valence-electron chi connectivity index (χ0n) is 10.9. The smallest absolute Gasteiger partial charge is 0.277 e. The molecule has 0 atom stereocenters. The fourth-order valence-corrected chi connectivity index (χ4v) is 3.03. The minimum atomic E-state index is -0.470. The molecule has 2 aromatic rings. The van der Waals surface area contributed by atoms with Crippen LogP contribution in [-0.4, -0.2) is 15.9 Å². The van der Waals surface area contributed by atoms with Crippen molar-refractivity contribution in [3.05, 3.63) is 34.7 Å². The predicted octanol–water partition coefficient (Wildman–Crippen LogP) is 2.66. The summed E-state index contributed by atoms with van der Waals surface area (Å²) in [6.45, 7) is 4.13. The zero-order chi connectivity index (χ0) is 13.6. The van der Waals surface area contributed by atoms with Crippen molar-refractivity contribution in [2.75, 3.05) is 0 Å². The molecular weight excluding hydrogens is 258 g/mol. The Bertz CT molecular complexity index is 658. The quantitative estimate of drug-likeness (QED) is 0.934. The Morgan fingerprint density at radius 1 is 1.47 bits per heavy atom. The number of primary amides is 1. The van der Waals surface area contributed by atoms with Crippen molar-refractivity contribution in [2.45, 2.75) is 32.1 Å². The monoisotopic (exact) mass is 273 g/mol. The number of aromatic nitrogens is 2. The van der Waals surface area contributed by atoms with E-state index in [1.54, 1.807) is 0 Å². The molecule has 2 aromatic heterocycles. The van der Waals surface area contributed by atoms with Crippen LogP contribution >= 0.6 is 11.3 Å². The summed E-state index contributed by atoms with van der Waals surface area (Å²) in [7, 11) is 0. The van der Waals surface area contributed by atoms with Crippen LogP contribution in [-0.2, 0) is 5.41 Å². The molecule has 1 aliphatic rings. The molecule has 2 heterocycles. The molecule has 5 heteroatoms. The van der Waals surface area contributed by atoms with Gasteiger partial charge in [0.15, 0.2) is 5.01 Å². The number of hydrogen-bond acceptors (Lipinski definition) is 4. The fourth-order valence-electron chi connectivity index (χ4n) is 2.12. The molecule has 0 aromatic carbocycles. The molecule has 1 fully saturated rings. The van der Waals surface area contributed by atoms with Gasteiger partial charge in [-0.3, -0.25) is 9.78 Å². The fraction of sp³-hybridized carbons (Fsp3) is 0.357. The van der Waals surface area contributed by atoms with Gasteiger partial charge >= 0.3 is 0 Å². The highest BCUT2D eigenvalue weighted by Gasteiger charge is 2.40. The van der Waals surface area contributed by atoms with E-state index in [0.717, 1.165) is 21.8 Å². The molecule has 0 spiro atoms. The third-order valence-corrected chi connectivity index (χ3v) is 4.87. The molecule has 19 heavy (non-hydrogen) atoms. The summed E-state index contributed by atoms with van der Waals surface area (Å²) < 4.78 is 0. The second-order valence-corrected chi connectivity index (χ2v) is 6.29. The first-order valence-electron chi connectivity index (χ1n) is 6.24. The Balaban J connectivity index is 2.04. The van der Waals surface area contributed by atoms with Crippen LogP contribution in [0.3, 0.4) is 0 Å². The van der Waals surface area contributed by atoms with Crippen molar-refractivity contribution >= 4 is 17.2 Å². The van der Waals surface area contributed by atoms with E-state index in [-0.39, 0.29) is 5.41 Å². The highest BCUT2D eigenvalue weighted by molar-refractivity contribution is 7.17. The van der Waals surface area contributed by atoms with Gasteiger partial charge in [-0.2, -0.15) is 0 Å². The van der Waals surface area contributed by atoms with E-state index in [2.05, 4.69) is 23.0 Å². The Kier molecular flexibility index (Phi) is 2.67. The third-order valence-electron chi connectivity index (χ3n) is 3.65. The van der Waals surface area contributed by atoms with E-state index in [1.807, 2.05) is 19.2 Å². The van der Waals surface area contributed by atoms with E-state index < -0.39 is 5.91 Å². The zero-order valence-corrected chi connectivity index (χ0v) is 11.8. The van der Waals surface area contributed by atoms with Gasteiger partial charge in [0.25, 0.3) is 5.91 Å². The van der Waals surface area contributed by atoms with Gasteiger partial charge in [0, 0.05) is 17.3 Å². The first kappa shape index (κ1) is 12.3. The molecule has 1 amide bonds. The Morgan fingerprint density at radius 3 is 2.79 bits per heavy atom. The number of aryl methyl sites for hydroxylation is 1. The second-order valence-electron chi connectivity index (χ2n) is 5.29. The molecule has 0 unspecified atom stereocenters. The summed E-state index contributed by atoms with van der Waals surface area (Å²) in [5.74, 6) is -0.470. The lowest BCUT2D eigenvalue weighted by Crippen LogP contribution is -2.10. The van der Waals surface area contributed by atoms with Gasteiger partial charge in [-0.05, 0) is 37.5 Å². The van der Waals surface area contributed by atoms with Gasteiger partial charge in [-0.25, -0.2) is 4.98 Å². The highest BCUT2D eigenvalue weighted by Crippen LogP contribution is 2.47. The van der Waals surface area contributed by atoms with E-state index in [4.69, 9.17) is 5.73 Å². The molecule has 2 N–H and O–H groups in total. The van der Waals surface area contributed by atoms with Crippen molar-refractivity contribution in [1.82, 2.24) is 9.97 Å². The minimum absolute atomic E-state index is 0.237. The summed E-state index contributed by atoms with van der Waals surface area (Å²) in [6, 6.07) is 4.07. The Labute approximate surface area is 115 Å². The largest absolute Gasteiger partial charge is 0.364 e. The summed E-state index contributed by atoms with van der Waals surface area (Å²) in [6.07, 6.45) is 4.21. The molecule has 0 radical (unpaired) electrons. The van der Waals surface area contributed by atoms with E-state index in [1.165, 1.54) is 24.2 Å². The van der Waals surface area contributed by atoms with Crippen molar-refractivity contribution in [2.24, 2.45) is 5.73 Å². The molecule has 98 valence electrons. The van der Waals surface area contributed by atoms with E-state index in [9.17, 15) is 4.79 Å². The van der Waals surface area contributed by atoms with Gasteiger partial charge in [-0.15, -0.1) is 11.3 Å². The summed E-state index contributed by atoms with van der Waals surface area (Å²) >= 11 is 1.35. The normalized spacial score (nSPS) is 16.3. The molecule has 1 aliphatic carbocycles. The summed E-state index contributed by atoms with van der Waals surface area (Å²) in [5.41, 5.74) is 8.55. The Morgan fingerprint density at radius 2 is 2.21 bits per heavy atom. The van der Waals surface area contributed by atoms with Crippen molar-refractivity contribution in [3.8, 4) is 10.4 Å². The number of nitrogens with zero attached hydrogens (tertiary/aromatic N) is 2. The standard InChI is InChI=1S/C14H15N3OS/c1-8-11(19-13(17-8)12(15)18)9-3-6-16-10(7-9)14(2)4-5-14/h3,6-7H,4-5H2,1-2H3,(H2,15,18). The lowest BCUT2D eigenvalue weighted by molar-refractivity contribution is 0.1000.